The number of ether oxygens (including phenoxy) is 2. The van der Waals surface area contributed by atoms with Crippen LogP contribution in [0.4, 0.5) is 11.4 Å². The van der Waals surface area contributed by atoms with Crippen LogP contribution in [0, 0.1) is 0 Å². The molecule has 0 saturated heterocycles. The van der Waals surface area contributed by atoms with E-state index in [1.165, 1.54) is 31.2 Å². The first-order valence-electron chi connectivity index (χ1n) is 12.8. The van der Waals surface area contributed by atoms with Crippen molar-refractivity contribution in [1.82, 2.24) is 0 Å². The third kappa shape index (κ3) is 10.6. The van der Waals surface area contributed by atoms with Crippen LogP contribution in [-0.2, 0) is 11.2 Å². The topological polar surface area (TPSA) is 59.6 Å². The van der Waals surface area contributed by atoms with Crippen LogP contribution in [0.3, 0.4) is 0 Å². The number of benzene rings is 3. The van der Waals surface area contributed by atoms with E-state index in [1.807, 2.05) is 54.6 Å². The van der Waals surface area contributed by atoms with E-state index in [4.69, 9.17) is 9.47 Å². The molecule has 0 atom stereocenters. The normalized spacial score (nSPS) is 10.5. The quantitative estimate of drug-likeness (QED) is 0.217. The Bertz CT molecular complexity index is 1010. The molecular weight excluding hydrogens is 436 g/mol. The molecule has 0 aliphatic rings. The number of aryl methyl sites for hydroxylation is 1. The number of anilines is 2. The molecule has 2 N–H and O–H groups in total. The molecule has 0 spiro atoms. The first kappa shape index (κ1) is 26.1. The Labute approximate surface area is 209 Å². The average molecular weight is 475 g/mol. The average Bonchev–Trinajstić information content (AvgIpc) is 2.89. The fourth-order valence-electron chi connectivity index (χ4n) is 3.75. The van der Waals surface area contributed by atoms with E-state index in [1.54, 1.807) is 0 Å². The van der Waals surface area contributed by atoms with Crippen molar-refractivity contribution >= 4 is 17.3 Å². The summed E-state index contributed by atoms with van der Waals surface area (Å²) >= 11 is 0. The summed E-state index contributed by atoms with van der Waals surface area (Å²) in [5, 5.41) is 6.10. The highest BCUT2D eigenvalue weighted by Gasteiger charge is 2.05. The zero-order valence-electron chi connectivity index (χ0n) is 20.8. The lowest BCUT2D eigenvalue weighted by Crippen LogP contribution is -2.21. The summed E-state index contributed by atoms with van der Waals surface area (Å²) in [5.74, 6) is 1.46. The first-order chi connectivity index (χ1) is 17.2. The summed E-state index contributed by atoms with van der Waals surface area (Å²) in [5.41, 5.74) is 2.90. The second-order valence-electron chi connectivity index (χ2n) is 8.66. The number of unbranched alkanes of at least 4 members (excludes halogenated alkanes) is 4. The Kier molecular flexibility index (Phi) is 11.5. The lowest BCUT2D eigenvalue weighted by molar-refractivity contribution is -0.114. The van der Waals surface area contributed by atoms with E-state index >= 15 is 0 Å². The van der Waals surface area contributed by atoms with Crippen LogP contribution in [0.25, 0.3) is 0 Å². The Balaban J connectivity index is 1.36. The van der Waals surface area contributed by atoms with E-state index in [2.05, 4.69) is 41.8 Å². The van der Waals surface area contributed by atoms with Crippen LogP contribution in [0.1, 0.15) is 51.0 Å². The Morgan fingerprint density at radius 1 is 0.714 bits per heavy atom. The molecule has 0 heterocycles. The minimum Gasteiger partial charge on any atom is -0.494 e. The second kappa shape index (κ2) is 15.4. The van der Waals surface area contributed by atoms with Gasteiger partial charge < -0.3 is 20.1 Å². The van der Waals surface area contributed by atoms with Gasteiger partial charge in [-0.25, -0.2) is 0 Å². The monoisotopic (exact) mass is 474 g/mol. The van der Waals surface area contributed by atoms with Gasteiger partial charge in [-0.3, -0.25) is 4.79 Å². The lowest BCUT2D eigenvalue weighted by Gasteiger charge is -2.11. The van der Waals surface area contributed by atoms with Gasteiger partial charge in [0, 0.05) is 23.5 Å². The van der Waals surface area contributed by atoms with Crippen molar-refractivity contribution in [2.75, 3.05) is 30.4 Å². The van der Waals surface area contributed by atoms with Gasteiger partial charge in [-0.1, -0.05) is 75.1 Å². The number of hydrogen-bond acceptors (Lipinski definition) is 4. The third-order valence-electron chi connectivity index (χ3n) is 5.64. The van der Waals surface area contributed by atoms with Gasteiger partial charge in [0.2, 0.25) is 5.91 Å². The zero-order valence-corrected chi connectivity index (χ0v) is 20.8. The van der Waals surface area contributed by atoms with Crippen LogP contribution < -0.4 is 20.1 Å². The minimum absolute atomic E-state index is 0.115. The van der Waals surface area contributed by atoms with Crippen LogP contribution >= 0.6 is 0 Å². The molecule has 0 aliphatic heterocycles. The molecule has 3 aromatic carbocycles. The SMILES string of the molecule is CCCCCCCOc1cccc(NC(=O)CNc2cccc(OCCCc3ccccc3)c2)c1. The molecule has 0 bridgehead atoms. The van der Waals surface area contributed by atoms with Crippen molar-refractivity contribution in [2.24, 2.45) is 0 Å². The summed E-state index contributed by atoms with van der Waals surface area (Å²) in [6.07, 6.45) is 7.96. The van der Waals surface area contributed by atoms with Gasteiger partial charge in [0.1, 0.15) is 11.5 Å². The highest BCUT2D eigenvalue weighted by atomic mass is 16.5. The van der Waals surface area contributed by atoms with Crippen LogP contribution in [0.2, 0.25) is 0 Å². The molecule has 5 heteroatoms. The molecule has 0 fully saturated rings. The van der Waals surface area contributed by atoms with Crippen LogP contribution in [0.15, 0.2) is 78.9 Å². The molecule has 35 heavy (non-hydrogen) atoms. The second-order valence-corrected chi connectivity index (χ2v) is 8.66. The number of rotatable bonds is 16. The predicted molar refractivity (Wildman–Crippen MR) is 145 cm³/mol. The maximum atomic E-state index is 12.4. The third-order valence-corrected chi connectivity index (χ3v) is 5.64. The molecule has 0 radical (unpaired) electrons. The highest BCUT2D eigenvalue weighted by molar-refractivity contribution is 5.93. The van der Waals surface area contributed by atoms with E-state index in [9.17, 15) is 4.79 Å². The number of nitrogens with one attached hydrogen (secondary N) is 2. The van der Waals surface area contributed by atoms with Crippen molar-refractivity contribution < 1.29 is 14.3 Å². The Morgan fingerprint density at radius 3 is 2.11 bits per heavy atom. The van der Waals surface area contributed by atoms with Gasteiger partial charge in [-0.15, -0.1) is 0 Å². The molecule has 3 rings (SSSR count). The van der Waals surface area contributed by atoms with Crippen molar-refractivity contribution in [3.8, 4) is 11.5 Å². The molecule has 0 unspecified atom stereocenters. The van der Waals surface area contributed by atoms with Gasteiger partial charge in [-0.05, 0) is 49.1 Å². The Hall–Kier alpha value is -3.47. The van der Waals surface area contributed by atoms with Gasteiger partial charge >= 0.3 is 0 Å². The number of hydrogen-bond donors (Lipinski definition) is 2. The molecule has 3 aromatic rings. The molecule has 0 saturated carbocycles. The van der Waals surface area contributed by atoms with Gasteiger partial charge in [-0.2, -0.15) is 0 Å². The van der Waals surface area contributed by atoms with E-state index in [-0.39, 0.29) is 12.5 Å². The minimum atomic E-state index is -0.115. The van der Waals surface area contributed by atoms with Crippen molar-refractivity contribution in [1.29, 1.82) is 0 Å². The number of amides is 1. The molecule has 0 aromatic heterocycles. The summed E-state index contributed by atoms with van der Waals surface area (Å²) in [6, 6.07) is 25.7. The largest absolute Gasteiger partial charge is 0.494 e. The standard InChI is InChI=1S/C30H38N2O3/c1-2-3-4-5-9-20-34-29-19-11-17-27(23-29)32-30(33)24-31-26-16-10-18-28(22-26)35-21-12-15-25-13-7-6-8-14-25/h6-8,10-11,13-14,16-19,22-23,31H,2-5,9,12,15,20-21,24H2,1H3,(H,32,33). The summed E-state index contributed by atoms with van der Waals surface area (Å²) in [6.45, 7) is 3.73. The van der Waals surface area contributed by atoms with E-state index < -0.39 is 0 Å². The summed E-state index contributed by atoms with van der Waals surface area (Å²) < 4.78 is 11.7. The fourth-order valence-corrected chi connectivity index (χ4v) is 3.75. The summed E-state index contributed by atoms with van der Waals surface area (Å²) in [7, 11) is 0. The number of carbonyl (C=O) groups excluding carboxylic acids is 1. The van der Waals surface area contributed by atoms with E-state index in [0.717, 1.165) is 42.1 Å². The number of carbonyl (C=O) groups is 1. The van der Waals surface area contributed by atoms with Crippen LogP contribution in [0.5, 0.6) is 11.5 Å². The van der Waals surface area contributed by atoms with Gasteiger partial charge in [0.25, 0.3) is 0 Å². The zero-order chi connectivity index (χ0) is 24.6. The molecular formula is C30H38N2O3. The molecule has 1 amide bonds. The maximum absolute atomic E-state index is 12.4. The first-order valence-corrected chi connectivity index (χ1v) is 12.8. The van der Waals surface area contributed by atoms with Crippen molar-refractivity contribution in [3.05, 3.63) is 84.4 Å². The highest BCUT2D eigenvalue weighted by Crippen LogP contribution is 2.19. The van der Waals surface area contributed by atoms with Gasteiger partial charge in [0.15, 0.2) is 0 Å². The fraction of sp³-hybridized carbons (Fsp3) is 0.367. The molecule has 0 aliphatic carbocycles. The molecule has 186 valence electrons. The smallest absolute Gasteiger partial charge is 0.243 e. The van der Waals surface area contributed by atoms with Crippen molar-refractivity contribution in [2.45, 2.75) is 51.9 Å². The predicted octanol–water partition coefficient (Wildman–Crippen LogP) is 7.10. The van der Waals surface area contributed by atoms with Crippen molar-refractivity contribution in [3.63, 3.8) is 0 Å². The lowest BCUT2D eigenvalue weighted by atomic mass is 10.1. The maximum Gasteiger partial charge on any atom is 0.243 e. The van der Waals surface area contributed by atoms with E-state index in [0.29, 0.717) is 13.2 Å². The Morgan fingerprint density at radius 2 is 1.37 bits per heavy atom. The van der Waals surface area contributed by atoms with Gasteiger partial charge in [0.05, 0.1) is 19.8 Å². The summed E-state index contributed by atoms with van der Waals surface area (Å²) in [4.78, 5) is 12.4. The van der Waals surface area contributed by atoms with Crippen LogP contribution in [-0.4, -0.2) is 25.7 Å². The molecule has 5 nitrogen and oxygen atoms in total.